The molecule has 2 atom stereocenters. The lowest BCUT2D eigenvalue weighted by Crippen LogP contribution is -2.39. The molecule has 0 heterocycles. The minimum Gasteiger partial charge on any atom is -0.396 e. The highest BCUT2D eigenvalue weighted by Gasteiger charge is 2.20. The monoisotopic (exact) mass is 308 g/mol. The van der Waals surface area contributed by atoms with Crippen molar-refractivity contribution in [3.8, 4) is 0 Å². The van der Waals surface area contributed by atoms with Crippen LogP contribution in [0.15, 0.2) is 24.3 Å². The number of benzene rings is 1. The van der Waals surface area contributed by atoms with E-state index in [9.17, 15) is 19.8 Å². The Bertz CT molecular complexity index is 489. The summed E-state index contributed by atoms with van der Waals surface area (Å²) in [7, 11) is 0. The Morgan fingerprint density at radius 1 is 1.00 bits per heavy atom. The average Bonchev–Trinajstić information content (AvgIpc) is 2.53. The minimum atomic E-state index is -0.543. The molecule has 0 aliphatic carbocycles. The number of aliphatic hydroxyl groups excluding tert-OH is 2. The molecule has 22 heavy (non-hydrogen) atoms. The largest absolute Gasteiger partial charge is 0.396 e. The van der Waals surface area contributed by atoms with Gasteiger partial charge < -0.3 is 20.8 Å². The van der Waals surface area contributed by atoms with Crippen LogP contribution in [0, 0.1) is 11.8 Å². The van der Waals surface area contributed by atoms with Crippen molar-refractivity contribution in [2.45, 2.75) is 13.8 Å². The summed E-state index contributed by atoms with van der Waals surface area (Å²) in [6.45, 7) is 4.46. The van der Waals surface area contributed by atoms with Gasteiger partial charge in [0.05, 0.1) is 0 Å². The number of primary amides is 1. The van der Waals surface area contributed by atoms with Gasteiger partial charge in [0.15, 0.2) is 0 Å². The molecule has 0 aliphatic rings. The maximum Gasteiger partial charge on any atom is 0.253 e. The molecular weight excluding hydrogens is 284 g/mol. The molecule has 0 spiro atoms. The van der Waals surface area contributed by atoms with E-state index in [1.54, 1.807) is 17.0 Å². The Morgan fingerprint density at radius 2 is 1.41 bits per heavy atom. The first-order chi connectivity index (χ1) is 10.4. The van der Waals surface area contributed by atoms with Crippen molar-refractivity contribution < 1.29 is 19.8 Å². The van der Waals surface area contributed by atoms with Crippen LogP contribution >= 0.6 is 0 Å². The first-order valence-electron chi connectivity index (χ1n) is 7.29. The molecule has 1 aromatic rings. The van der Waals surface area contributed by atoms with Gasteiger partial charge in [-0.15, -0.1) is 0 Å². The molecule has 0 aromatic heterocycles. The number of nitrogens with two attached hydrogens (primary N) is 1. The highest BCUT2D eigenvalue weighted by Crippen LogP contribution is 2.12. The highest BCUT2D eigenvalue weighted by atomic mass is 16.3. The third-order valence-corrected chi connectivity index (χ3v) is 3.39. The fraction of sp³-hybridized carbons (Fsp3) is 0.500. The second-order valence-corrected chi connectivity index (χ2v) is 5.73. The quantitative estimate of drug-likeness (QED) is 0.650. The fourth-order valence-electron chi connectivity index (χ4n) is 2.07. The zero-order valence-corrected chi connectivity index (χ0v) is 13.0. The van der Waals surface area contributed by atoms with Gasteiger partial charge in [0.25, 0.3) is 5.91 Å². The SMILES string of the molecule is CC(CO)CN(CC(C)CO)C(=O)c1ccc(C(N)=O)cc1. The summed E-state index contributed by atoms with van der Waals surface area (Å²) < 4.78 is 0. The molecule has 1 aromatic carbocycles. The average molecular weight is 308 g/mol. The molecule has 0 aliphatic heterocycles. The number of hydrogen-bond donors (Lipinski definition) is 3. The standard InChI is InChI=1S/C16H24N2O4/c1-11(9-19)7-18(8-12(2)10-20)16(22)14-5-3-13(4-6-14)15(17)21/h3-6,11-12,19-20H,7-10H2,1-2H3,(H2,17,21). The van der Waals surface area contributed by atoms with E-state index >= 15 is 0 Å². The summed E-state index contributed by atoms with van der Waals surface area (Å²) in [5.41, 5.74) is 5.97. The van der Waals surface area contributed by atoms with Gasteiger partial charge in [-0.1, -0.05) is 13.8 Å². The molecule has 0 fully saturated rings. The zero-order valence-electron chi connectivity index (χ0n) is 13.0. The van der Waals surface area contributed by atoms with Gasteiger partial charge >= 0.3 is 0 Å². The van der Waals surface area contributed by atoms with Crippen molar-refractivity contribution in [2.75, 3.05) is 26.3 Å². The first-order valence-corrected chi connectivity index (χ1v) is 7.29. The first kappa shape index (κ1) is 18.1. The molecule has 6 heteroatoms. The Balaban J connectivity index is 2.91. The summed E-state index contributed by atoms with van der Waals surface area (Å²) >= 11 is 0. The van der Waals surface area contributed by atoms with Crippen LogP contribution in [-0.4, -0.2) is 53.2 Å². The van der Waals surface area contributed by atoms with Crippen LogP contribution < -0.4 is 5.73 Å². The lowest BCUT2D eigenvalue weighted by Gasteiger charge is -2.27. The Labute approximate surface area is 130 Å². The predicted octanol–water partition coefficient (Wildman–Crippen LogP) is 0.485. The van der Waals surface area contributed by atoms with Gasteiger partial charge in [0, 0.05) is 37.4 Å². The van der Waals surface area contributed by atoms with Gasteiger partial charge in [-0.2, -0.15) is 0 Å². The number of aliphatic hydroxyl groups is 2. The Kier molecular flexibility index (Phi) is 7.01. The molecule has 0 saturated carbocycles. The summed E-state index contributed by atoms with van der Waals surface area (Å²) in [4.78, 5) is 25.2. The molecule has 122 valence electrons. The third kappa shape index (κ3) is 5.13. The number of rotatable bonds is 8. The van der Waals surface area contributed by atoms with E-state index < -0.39 is 5.91 Å². The third-order valence-electron chi connectivity index (χ3n) is 3.39. The summed E-state index contributed by atoms with van der Waals surface area (Å²) in [6.07, 6.45) is 0. The summed E-state index contributed by atoms with van der Waals surface area (Å²) in [5.74, 6) is -0.852. The van der Waals surface area contributed by atoms with Gasteiger partial charge in [0.2, 0.25) is 5.91 Å². The van der Waals surface area contributed by atoms with Crippen LogP contribution in [0.1, 0.15) is 34.6 Å². The van der Waals surface area contributed by atoms with Gasteiger partial charge in [-0.05, 0) is 36.1 Å². The summed E-state index contributed by atoms with van der Waals surface area (Å²) in [6, 6.07) is 6.14. The minimum absolute atomic E-state index is 0.0160. The fourth-order valence-corrected chi connectivity index (χ4v) is 2.07. The van der Waals surface area contributed by atoms with Gasteiger partial charge in [0.1, 0.15) is 0 Å². The van der Waals surface area contributed by atoms with Crippen LogP contribution in [-0.2, 0) is 0 Å². The van der Waals surface area contributed by atoms with E-state index in [1.807, 2.05) is 13.8 Å². The number of carbonyl (C=O) groups excluding carboxylic acids is 2. The van der Waals surface area contributed by atoms with Crippen LogP contribution in [0.3, 0.4) is 0 Å². The van der Waals surface area contributed by atoms with Crippen molar-refractivity contribution in [1.82, 2.24) is 4.90 Å². The van der Waals surface area contributed by atoms with Crippen LogP contribution in [0.4, 0.5) is 0 Å². The maximum atomic E-state index is 12.6. The van der Waals surface area contributed by atoms with Gasteiger partial charge in [-0.3, -0.25) is 9.59 Å². The van der Waals surface area contributed by atoms with E-state index in [0.717, 1.165) is 0 Å². The van der Waals surface area contributed by atoms with E-state index in [2.05, 4.69) is 0 Å². The molecule has 0 saturated heterocycles. The van der Waals surface area contributed by atoms with Crippen LogP contribution in [0.5, 0.6) is 0 Å². The molecule has 2 unspecified atom stereocenters. The van der Waals surface area contributed by atoms with E-state index in [1.165, 1.54) is 12.1 Å². The number of nitrogens with zero attached hydrogens (tertiary/aromatic N) is 1. The molecule has 4 N–H and O–H groups in total. The normalized spacial score (nSPS) is 13.5. The Morgan fingerprint density at radius 3 is 1.77 bits per heavy atom. The smallest absolute Gasteiger partial charge is 0.253 e. The summed E-state index contributed by atoms with van der Waals surface area (Å²) in [5, 5.41) is 18.4. The van der Waals surface area contributed by atoms with Crippen molar-refractivity contribution in [3.05, 3.63) is 35.4 Å². The van der Waals surface area contributed by atoms with Crippen molar-refractivity contribution in [3.63, 3.8) is 0 Å². The van der Waals surface area contributed by atoms with E-state index in [-0.39, 0.29) is 31.0 Å². The molecule has 1 rings (SSSR count). The van der Waals surface area contributed by atoms with Crippen molar-refractivity contribution >= 4 is 11.8 Å². The van der Waals surface area contributed by atoms with E-state index in [0.29, 0.717) is 24.2 Å². The second-order valence-electron chi connectivity index (χ2n) is 5.73. The topological polar surface area (TPSA) is 104 Å². The Hall–Kier alpha value is -1.92. The number of amides is 2. The molecule has 2 amide bonds. The van der Waals surface area contributed by atoms with Crippen LogP contribution in [0.2, 0.25) is 0 Å². The number of hydrogen-bond acceptors (Lipinski definition) is 4. The van der Waals surface area contributed by atoms with E-state index in [4.69, 9.17) is 5.73 Å². The van der Waals surface area contributed by atoms with Crippen molar-refractivity contribution in [1.29, 1.82) is 0 Å². The second kappa shape index (κ2) is 8.51. The molecular formula is C16H24N2O4. The van der Waals surface area contributed by atoms with Crippen LogP contribution in [0.25, 0.3) is 0 Å². The lowest BCUT2D eigenvalue weighted by atomic mass is 10.1. The predicted molar refractivity (Wildman–Crippen MR) is 83.4 cm³/mol. The lowest BCUT2D eigenvalue weighted by molar-refractivity contribution is 0.0655. The maximum absolute atomic E-state index is 12.6. The molecule has 0 radical (unpaired) electrons. The highest BCUT2D eigenvalue weighted by molar-refractivity contribution is 5.97. The van der Waals surface area contributed by atoms with Gasteiger partial charge in [-0.25, -0.2) is 0 Å². The molecule has 6 nitrogen and oxygen atoms in total. The van der Waals surface area contributed by atoms with Crippen molar-refractivity contribution in [2.24, 2.45) is 17.6 Å². The molecule has 0 bridgehead atoms. The zero-order chi connectivity index (χ0) is 16.7. The number of carbonyl (C=O) groups is 2.